The molecule has 2 aromatic carbocycles. The molecule has 0 N–H and O–H groups in total. The van der Waals surface area contributed by atoms with Crippen LogP contribution in [0.1, 0.15) is 16.7 Å². The van der Waals surface area contributed by atoms with Crippen molar-refractivity contribution in [3.63, 3.8) is 0 Å². The summed E-state index contributed by atoms with van der Waals surface area (Å²) in [7, 11) is 0. The van der Waals surface area contributed by atoms with Gasteiger partial charge in [-0.15, -0.1) is 0 Å². The minimum Gasteiger partial charge on any atom is -0.256 e. The van der Waals surface area contributed by atoms with E-state index in [1.165, 1.54) is 5.56 Å². The molecule has 106 valence electrons. The third-order valence-corrected chi connectivity index (χ3v) is 3.77. The van der Waals surface area contributed by atoms with E-state index in [4.69, 9.17) is 5.26 Å². The Hall–Kier alpha value is -2.92. The second kappa shape index (κ2) is 5.83. The zero-order valence-electron chi connectivity index (χ0n) is 12.7. The van der Waals surface area contributed by atoms with Gasteiger partial charge in [0.05, 0.1) is 17.3 Å². The largest absolute Gasteiger partial charge is 0.256 e. The highest BCUT2D eigenvalue weighted by atomic mass is 14.7. The van der Waals surface area contributed by atoms with Gasteiger partial charge >= 0.3 is 0 Å². The third-order valence-electron chi connectivity index (χ3n) is 3.77. The fourth-order valence-corrected chi connectivity index (χ4v) is 2.85. The van der Waals surface area contributed by atoms with Gasteiger partial charge in [0.2, 0.25) is 0 Å². The summed E-state index contributed by atoms with van der Waals surface area (Å²) in [5.41, 5.74) is 7.36. The van der Waals surface area contributed by atoms with Crippen LogP contribution in [0.2, 0.25) is 0 Å². The van der Waals surface area contributed by atoms with Crippen LogP contribution in [-0.4, -0.2) is 4.98 Å². The molecule has 0 radical (unpaired) electrons. The van der Waals surface area contributed by atoms with Crippen LogP contribution in [-0.2, 0) is 0 Å². The van der Waals surface area contributed by atoms with E-state index in [2.05, 4.69) is 49.2 Å². The van der Waals surface area contributed by atoms with Gasteiger partial charge in [0.25, 0.3) is 0 Å². The molecule has 0 aliphatic rings. The number of pyridine rings is 1. The summed E-state index contributed by atoms with van der Waals surface area (Å²) < 4.78 is 0. The van der Waals surface area contributed by atoms with Crippen molar-refractivity contribution >= 4 is 0 Å². The molecule has 0 aliphatic heterocycles. The lowest BCUT2D eigenvalue weighted by Crippen LogP contribution is -1.91. The zero-order valence-corrected chi connectivity index (χ0v) is 12.7. The van der Waals surface area contributed by atoms with E-state index in [0.29, 0.717) is 5.56 Å². The van der Waals surface area contributed by atoms with Gasteiger partial charge in [-0.25, -0.2) is 0 Å². The molecule has 2 heteroatoms. The maximum atomic E-state index is 9.08. The maximum absolute atomic E-state index is 9.08. The monoisotopic (exact) mass is 284 g/mol. The maximum Gasteiger partial charge on any atom is 0.0991 e. The lowest BCUT2D eigenvalue weighted by Gasteiger charge is -2.12. The van der Waals surface area contributed by atoms with Gasteiger partial charge < -0.3 is 0 Å². The van der Waals surface area contributed by atoms with Crippen molar-refractivity contribution in [2.75, 3.05) is 0 Å². The molecule has 1 heterocycles. The van der Waals surface area contributed by atoms with E-state index in [1.54, 1.807) is 6.20 Å². The van der Waals surface area contributed by atoms with Gasteiger partial charge in [-0.3, -0.25) is 4.98 Å². The quantitative estimate of drug-likeness (QED) is 0.670. The second-order valence-corrected chi connectivity index (χ2v) is 5.39. The summed E-state index contributed by atoms with van der Waals surface area (Å²) in [6.07, 6.45) is 1.81. The minimum absolute atomic E-state index is 0.708. The van der Waals surface area contributed by atoms with Crippen molar-refractivity contribution in [3.05, 3.63) is 77.5 Å². The topological polar surface area (TPSA) is 36.7 Å². The fourth-order valence-electron chi connectivity index (χ4n) is 2.85. The van der Waals surface area contributed by atoms with E-state index in [1.807, 2.05) is 30.3 Å². The summed E-state index contributed by atoms with van der Waals surface area (Å²) in [4.78, 5) is 4.41. The molecule has 22 heavy (non-hydrogen) atoms. The molecule has 0 amide bonds. The van der Waals surface area contributed by atoms with Gasteiger partial charge in [0.15, 0.2) is 0 Å². The number of nitriles is 1. The van der Waals surface area contributed by atoms with Crippen LogP contribution in [0.5, 0.6) is 0 Å². The zero-order chi connectivity index (χ0) is 15.5. The molecule has 0 aliphatic carbocycles. The molecule has 2 nitrogen and oxygen atoms in total. The number of aromatic nitrogens is 1. The molecule has 0 saturated carbocycles. The highest BCUT2D eigenvalue weighted by Crippen LogP contribution is 2.31. The SMILES string of the molecule is Cc1cc(C#N)cc(C)c1-c1cccc(-c2ccccn2)c1. The van der Waals surface area contributed by atoms with E-state index >= 15 is 0 Å². The Morgan fingerprint density at radius 1 is 0.864 bits per heavy atom. The first-order chi connectivity index (χ1) is 10.7. The Bertz CT molecular complexity index is 835. The van der Waals surface area contributed by atoms with E-state index in [9.17, 15) is 0 Å². The van der Waals surface area contributed by atoms with Gasteiger partial charge in [-0.05, 0) is 66.4 Å². The van der Waals surface area contributed by atoms with Crippen molar-refractivity contribution < 1.29 is 0 Å². The highest BCUT2D eigenvalue weighted by Gasteiger charge is 2.09. The van der Waals surface area contributed by atoms with E-state index in [0.717, 1.165) is 27.9 Å². The minimum atomic E-state index is 0.708. The van der Waals surface area contributed by atoms with Crippen LogP contribution in [0.15, 0.2) is 60.8 Å². The first-order valence-electron chi connectivity index (χ1n) is 7.22. The van der Waals surface area contributed by atoms with Crippen molar-refractivity contribution in [2.24, 2.45) is 0 Å². The van der Waals surface area contributed by atoms with Gasteiger partial charge in [0.1, 0.15) is 0 Å². The Balaban J connectivity index is 2.13. The van der Waals surface area contributed by atoms with Crippen LogP contribution in [0.25, 0.3) is 22.4 Å². The average molecular weight is 284 g/mol. The highest BCUT2D eigenvalue weighted by molar-refractivity contribution is 5.76. The van der Waals surface area contributed by atoms with Crippen LogP contribution >= 0.6 is 0 Å². The van der Waals surface area contributed by atoms with Gasteiger partial charge in [0, 0.05) is 11.8 Å². The van der Waals surface area contributed by atoms with Crippen molar-refractivity contribution in [1.82, 2.24) is 4.98 Å². The first kappa shape index (κ1) is 14.0. The normalized spacial score (nSPS) is 10.2. The smallest absolute Gasteiger partial charge is 0.0991 e. The average Bonchev–Trinajstić information content (AvgIpc) is 2.55. The standard InChI is InChI=1S/C20H16N2/c1-14-10-16(13-21)11-15(2)20(14)18-7-5-6-17(12-18)19-8-3-4-9-22-19/h3-12H,1-2H3. The summed E-state index contributed by atoms with van der Waals surface area (Å²) in [5, 5.41) is 9.08. The van der Waals surface area contributed by atoms with Crippen LogP contribution < -0.4 is 0 Å². The molecule has 3 aromatic rings. The molecule has 0 atom stereocenters. The Labute approximate surface area is 130 Å². The first-order valence-corrected chi connectivity index (χ1v) is 7.22. The number of hydrogen-bond acceptors (Lipinski definition) is 2. The Morgan fingerprint density at radius 2 is 1.59 bits per heavy atom. The second-order valence-electron chi connectivity index (χ2n) is 5.39. The number of nitrogens with zero attached hydrogens (tertiary/aromatic N) is 2. The molecule has 3 rings (SSSR count). The van der Waals surface area contributed by atoms with Crippen molar-refractivity contribution in [2.45, 2.75) is 13.8 Å². The Morgan fingerprint density at radius 3 is 2.23 bits per heavy atom. The van der Waals surface area contributed by atoms with Crippen LogP contribution in [0, 0.1) is 25.2 Å². The lowest BCUT2D eigenvalue weighted by atomic mass is 9.92. The molecular weight excluding hydrogens is 268 g/mol. The molecule has 0 unspecified atom stereocenters. The van der Waals surface area contributed by atoms with Crippen LogP contribution in [0.4, 0.5) is 0 Å². The van der Waals surface area contributed by atoms with Crippen molar-refractivity contribution in [3.8, 4) is 28.5 Å². The molecular formula is C20H16N2. The summed E-state index contributed by atoms with van der Waals surface area (Å²) in [5.74, 6) is 0. The lowest BCUT2D eigenvalue weighted by molar-refractivity contribution is 1.32. The molecule has 0 bridgehead atoms. The predicted octanol–water partition coefficient (Wildman–Crippen LogP) is 4.90. The van der Waals surface area contributed by atoms with Crippen molar-refractivity contribution in [1.29, 1.82) is 5.26 Å². The number of hydrogen-bond donors (Lipinski definition) is 0. The van der Waals surface area contributed by atoms with Crippen LogP contribution in [0.3, 0.4) is 0 Å². The molecule has 1 aromatic heterocycles. The number of aryl methyl sites for hydroxylation is 2. The summed E-state index contributed by atoms with van der Waals surface area (Å²) in [6, 6.07) is 20.4. The fraction of sp³-hybridized carbons (Fsp3) is 0.100. The van der Waals surface area contributed by atoms with E-state index in [-0.39, 0.29) is 0 Å². The van der Waals surface area contributed by atoms with Gasteiger partial charge in [-0.1, -0.05) is 24.3 Å². The number of benzene rings is 2. The molecule has 0 fully saturated rings. The van der Waals surface area contributed by atoms with E-state index < -0.39 is 0 Å². The Kier molecular flexibility index (Phi) is 3.72. The van der Waals surface area contributed by atoms with Gasteiger partial charge in [-0.2, -0.15) is 5.26 Å². The summed E-state index contributed by atoms with van der Waals surface area (Å²) in [6.45, 7) is 4.10. The third kappa shape index (κ3) is 2.62. The molecule has 0 spiro atoms. The predicted molar refractivity (Wildman–Crippen MR) is 89.3 cm³/mol. The summed E-state index contributed by atoms with van der Waals surface area (Å²) >= 11 is 0. The number of rotatable bonds is 2. The molecule has 0 saturated heterocycles.